The largest absolute Gasteiger partial charge is 0.459 e. The Hall–Kier alpha value is -3.85. The predicted octanol–water partition coefficient (Wildman–Crippen LogP) is 4.53. The van der Waals surface area contributed by atoms with Crippen LogP contribution in [0.15, 0.2) is 79.6 Å². The van der Waals surface area contributed by atoms with Gasteiger partial charge in [0.05, 0.1) is 24.1 Å². The molecule has 0 bridgehead atoms. The first-order chi connectivity index (χ1) is 16.2. The van der Waals surface area contributed by atoms with E-state index in [-0.39, 0.29) is 36.1 Å². The van der Waals surface area contributed by atoms with E-state index >= 15 is 0 Å². The third-order valence-electron chi connectivity index (χ3n) is 5.56. The molecule has 1 fully saturated rings. The number of aromatic nitrogens is 2. The van der Waals surface area contributed by atoms with Crippen molar-refractivity contribution >= 4 is 29.3 Å². The van der Waals surface area contributed by atoms with E-state index in [1.54, 1.807) is 23.9 Å². The average Bonchev–Trinajstić information content (AvgIpc) is 3.33. The Bertz CT molecular complexity index is 1360. The number of nitrogens with one attached hydrogen (secondary N) is 1. The molecule has 0 spiro atoms. The molecule has 33 heavy (non-hydrogen) atoms. The van der Waals surface area contributed by atoms with Crippen molar-refractivity contribution in [2.75, 3.05) is 4.90 Å². The number of anilines is 1. The summed E-state index contributed by atoms with van der Waals surface area (Å²) in [6.07, 6.45) is 3.46. The highest BCUT2D eigenvalue weighted by molar-refractivity contribution is 7.99. The highest BCUT2D eigenvalue weighted by Gasteiger charge is 2.38. The Morgan fingerprint density at radius 2 is 2.00 bits per heavy atom. The van der Waals surface area contributed by atoms with Crippen molar-refractivity contribution in [2.45, 2.75) is 35.2 Å². The molecule has 8 nitrogen and oxygen atoms in total. The van der Waals surface area contributed by atoms with E-state index in [4.69, 9.17) is 8.94 Å². The molecule has 2 aromatic carbocycles. The zero-order chi connectivity index (χ0) is 22.4. The van der Waals surface area contributed by atoms with E-state index in [1.165, 1.54) is 6.26 Å². The van der Waals surface area contributed by atoms with Crippen LogP contribution < -0.4 is 10.2 Å². The van der Waals surface area contributed by atoms with Crippen LogP contribution in [0.25, 0.3) is 11.4 Å². The Morgan fingerprint density at radius 3 is 2.82 bits per heavy atom. The Balaban J connectivity index is 1.28. The summed E-state index contributed by atoms with van der Waals surface area (Å²) in [6.45, 7) is 0.0869. The van der Waals surface area contributed by atoms with Crippen LogP contribution in [0.4, 0.5) is 5.69 Å². The molecule has 164 valence electrons. The number of hydrogen-bond acceptors (Lipinski definition) is 7. The fraction of sp³-hybridized carbons (Fsp3) is 0.167. The van der Waals surface area contributed by atoms with Gasteiger partial charge >= 0.3 is 0 Å². The smallest absolute Gasteiger partial charge is 0.287 e. The van der Waals surface area contributed by atoms with Crippen molar-refractivity contribution in [1.29, 1.82) is 0 Å². The van der Waals surface area contributed by atoms with Crippen LogP contribution in [-0.2, 0) is 6.54 Å². The number of rotatable bonds is 5. The minimum atomic E-state index is -0.357. The molecular formula is C24H18N4O4S. The summed E-state index contributed by atoms with van der Waals surface area (Å²) >= 11 is 1.57. The van der Waals surface area contributed by atoms with Crippen LogP contribution in [0, 0.1) is 0 Å². The number of hydrogen-bond donors (Lipinski definition) is 1. The van der Waals surface area contributed by atoms with Crippen molar-refractivity contribution in [2.24, 2.45) is 0 Å². The summed E-state index contributed by atoms with van der Waals surface area (Å²) < 4.78 is 10.4. The van der Waals surface area contributed by atoms with E-state index in [2.05, 4.69) is 15.5 Å². The molecule has 9 heteroatoms. The number of benzene rings is 2. The SMILES string of the molecule is O=C(NCc1nc(-c2ccc3c(c2)Sc2ccccc2C(=O)N3C2CC2)no1)c1ccco1. The van der Waals surface area contributed by atoms with Gasteiger partial charge in [-0.25, -0.2) is 0 Å². The summed E-state index contributed by atoms with van der Waals surface area (Å²) in [5.74, 6) is 0.605. The van der Waals surface area contributed by atoms with Crippen LogP contribution in [0.5, 0.6) is 0 Å². The van der Waals surface area contributed by atoms with Gasteiger partial charge in [-0.2, -0.15) is 4.98 Å². The second kappa shape index (κ2) is 7.93. The normalized spacial score (nSPS) is 15.0. The number of nitrogens with zero attached hydrogens (tertiary/aromatic N) is 3. The van der Waals surface area contributed by atoms with Crippen LogP contribution in [0.1, 0.15) is 39.6 Å². The molecule has 3 heterocycles. The van der Waals surface area contributed by atoms with Crippen molar-refractivity contribution in [3.05, 3.63) is 78.1 Å². The molecule has 1 N–H and O–H groups in total. The first-order valence-corrected chi connectivity index (χ1v) is 11.4. The van der Waals surface area contributed by atoms with Gasteiger partial charge in [0, 0.05) is 21.4 Å². The number of furan rings is 1. The molecule has 2 amide bonds. The first kappa shape index (κ1) is 19.8. The van der Waals surface area contributed by atoms with Gasteiger partial charge in [0.1, 0.15) is 0 Å². The standard InChI is InChI=1S/C24H18N4O4S/c29-23(18-5-3-11-31-18)25-13-21-26-22(27-32-21)14-7-10-17-20(12-14)33-19-6-2-1-4-16(19)24(30)28(17)15-8-9-15/h1-7,10-12,15H,8-9,13H2,(H,25,29). The summed E-state index contributed by atoms with van der Waals surface area (Å²) in [7, 11) is 0. The Labute approximate surface area is 193 Å². The van der Waals surface area contributed by atoms with Crippen LogP contribution in [-0.4, -0.2) is 28.0 Å². The lowest BCUT2D eigenvalue weighted by atomic mass is 10.1. The number of amides is 2. The van der Waals surface area contributed by atoms with Gasteiger partial charge in [-0.1, -0.05) is 29.1 Å². The lowest BCUT2D eigenvalue weighted by molar-refractivity contribution is 0.0917. The fourth-order valence-electron chi connectivity index (χ4n) is 3.81. The van der Waals surface area contributed by atoms with Crippen molar-refractivity contribution in [3.8, 4) is 11.4 Å². The average molecular weight is 458 g/mol. The maximum absolute atomic E-state index is 13.3. The highest BCUT2D eigenvalue weighted by Crippen LogP contribution is 2.46. The van der Waals surface area contributed by atoms with Crippen molar-refractivity contribution in [3.63, 3.8) is 0 Å². The monoisotopic (exact) mass is 458 g/mol. The van der Waals surface area contributed by atoms with Crippen molar-refractivity contribution < 1.29 is 18.5 Å². The Kier molecular flexibility index (Phi) is 4.76. The van der Waals surface area contributed by atoms with E-state index in [1.807, 2.05) is 47.4 Å². The number of carbonyl (C=O) groups excluding carboxylic acids is 2. The number of fused-ring (bicyclic) bond motifs is 2. The molecule has 0 atom stereocenters. The lowest BCUT2D eigenvalue weighted by Crippen LogP contribution is -2.32. The second-order valence-corrected chi connectivity index (χ2v) is 8.94. The zero-order valence-electron chi connectivity index (χ0n) is 17.4. The van der Waals surface area contributed by atoms with Crippen LogP contribution in [0.2, 0.25) is 0 Å². The molecule has 2 aliphatic rings. The molecule has 1 saturated carbocycles. The summed E-state index contributed by atoms with van der Waals surface area (Å²) in [6, 6.07) is 17.0. The van der Waals surface area contributed by atoms with Crippen molar-refractivity contribution in [1.82, 2.24) is 15.5 Å². The topological polar surface area (TPSA) is 101 Å². The number of carbonyl (C=O) groups is 2. The minimum absolute atomic E-state index is 0.0428. The summed E-state index contributed by atoms with van der Waals surface area (Å²) in [4.78, 5) is 33.6. The first-order valence-electron chi connectivity index (χ1n) is 10.6. The maximum Gasteiger partial charge on any atom is 0.287 e. The molecular weight excluding hydrogens is 440 g/mol. The minimum Gasteiger partial charge on any atom is -0.459 e. The quantitative estimate of drug-likeness (QED) is 0.469. The van der Waals surface area contributed by atoms with E-state index < -0.39 is 0 Å². The Morgan fingerprint density at radius 1 is 1.12 bits per heavy atom. The van der Waals surface area contributed by atoms with Gasteiger partial charge in [-0.15, -0.1) is 0 Å². The van der Waals surface area contributed by atoms with Gasteiger partial charge in [-0.3, -0.25) is 9.59 Å². The highest BCUT2D eigenvalue weighted by atomic mass is 32.2. The molecule has 0 unspecified atom stereocenters. The van der Waals surface area contributed by atoms with Crippen LogP contribution >= 0.6 is 11.8 Å². The lowest BCUT2D eigenvalue weighted by Gasteiger charge is -2.22. The zero-order valence-corrected chi connectivity index (χ0v) is 18.2. The van der Waals surface area contributed by atoms with Gasteiger partial charge in [0.2, 0.25) is 11.7 Å². The maximum atomic E-state index is 13.3. The predicted molar refractivity (Wildman–Crippen MR) is 120 cm³/mol. The molecule has 0 saturated heterocycles. The fourth-order valence-corrected chi connectivity index (χ4v) is 4.92. The van der Waals surface area contributed by atoms with Gasteiger partial charge in [0.25, 0.3) is 11.8 Å². The molecule has 6 rings (SSSR count). The van der Waals surface area contributed by atoms with Crippen LogP contribution in [0.3, 0.4) is 0 Å². The second-order valence-electron chi connectivity index (χ2n) is 7.86. The third kappa shape index (κ3) is 3.70. The van der Waals surface area contributed by atoms with Gasteiger partial charge < -0.3 is 19.2 Å². The van der Waals surface area contributed by atoms with Gasteiger partial charge in [-0.05, 0) is 55.3 Å². The van der Waals surface area contributed by atoms with Gasteiger partial charge in [0.15, 0.2) is 5.76 Å². The summed E-state index contributed by atoms with van der Waals surface area (Å²) in [5.41, 5.74) is 2.40. The summed E-state index contributed by atoms with van der Waals surface area (Å²) in [5, 5.41) is 6.76. The third-order valence-corrected chi connectivity index (χ3v) is 6.68. The molecule has 0 radical (unpaired) electrons. The van der Waals surface area contributed by atoms with E-state index in [0.29, 0.717) is 5.82 Å². The van der Waals surface area contributed by atoms with E-state index in [0.717, 1.165) is 39.4 Å². The molecule has 1 aliphatic carbocycles. The van der Waals surface area contributed by atoms with E-state index in [9.17, 15) is 9.59 Å². The molecule has 1 aliphatic heterocycles. The molecule has 2 aromatic heterocycles. The molecule has 4 aromatic rings.